The first-order valence-electron chi connectivity index (χ1n) is 5.35. The second kappa shape index (κ2) is 6.67. The fraction of sp³-hybridized carbons (Fsp3) is 0.417. The Morgan fingerprint density at radius 1 is 1.40 bits per heavy atom. The second-order valence-corrected chi connectivity index (χ2v) is 4.03. The van der Waals surface area contributed by atoms with E-state index in [2.05, 4.69) is 12.3 Å². The lowest BCUT2D eigenvalue weighted by Gasteiger charge is -2.16. The highest BCUT2D eigenvalue weighted by molar-refractivity contribution is 7.81. The summed E-state index contributed by atoms with van der Waals surface area (Å²) >= 11 is 5.41. The van der Waals surface area contributed by atoms with E-state index in [-0.39, 0.29) is 6.04 Å². The Labute approximate surface area is 96.8 Å². The standard InChI is InChI=1S/C12H18N2S/c1-2-3-9-11(14-13)12(15)10-7-5-4-6-8-10/h4-8,11,14H,2-3,9,13H2,1H3. The fourth-order valence-electron chi connectivity index (χ4n) is 1.50. The molecule has 3 N–H and O–H groups in total. The van der Waals surface area contributed by atoms with Crippen molar-refractivity contribution in [2.24, 2.45) is 5.84 Å². The summed E-state index contributed by atoms with van der Waals surface area (Å²) in [4.78, 5) is 0.909. The number of unbranched alkanes of at least 4 members (excludes halogenated alkanes) is 1. The lowest BCUT2D eigenvalue weighted by molar-refractivity contribution is 0.577. The fourth-order valence-corrected chi connectivity index (χ4v) is 1.82. The van der Waals surface area contributed by atoms with Crippen molar-refractivity contribution in [1.29, 1.82) is 0 Å². The summed E-state index contributed by atoms with van der Waals surface area (Å²) in [6, 6.07) is 10.1. The molecule has 0 aromatic heterocycles. The molecule has 1 rings (SSSR count). The van der Waals surface area contributed by atoms with Crippen LogP contribution in [0.3, 0.4) is 0 Å². The Balaban J connectivity index is 2.65. The smallest absolute Gasteiger partial charge is 0.0567 e. The summed E-state index contributed by atoms with van der Waals surface area (Å²) in [5.74, 6) is 5.51. The van der Waals surface area contributed by atoms with E-state index < -0.39 is 0 Å². The predicted octanol–water partition coefficient (Wildman–Crippen LogP) is 2.43. The topological polar surface area (TPSA) is 38.0 Å². The van der Waals surface area contributed by atoms with Crippen LogP contribution in [0, 0.1) is 0 Å². The van der Waals surface area contributed by atoms with Gasteiger partial charge >= 0.3 is 0 Å². The van der Waals surface area contributed by atoms with E-state index >= 15 is 0 Å². The van der Waals surface area contributed by atoms with Crippen LogP contribution in [0.5, 0.6) is 0 Å². The number of hydrazine groups is 1. The molecule has 0 amide bonds. The Kier molecular flexibility index (Phi) is 5.47. The highest BCUT2D eigenvalue weighted by atomic mass is 32.1. The average Bonchev–Trinajstić information content (AvgIpc) is 2.31. The lowest BCUT2D eigenvalue weighted by atomic mass is 10.0. The molecule has 1 unspecified atom stereocenters. The van der Waals surface area contributed by atoms with Crippen LogP contribution in [0.15, 0.2) is 30.3 Å². The molecule has 1 aromatic rings. The summed E-state index contributed by atoms with van der Waals surface area (Å²) in [7, 11) is 0. The van der Waals surface area contributed by atoms with Gasteiger partial charge in [0.25, 0.3) is 0 Å². The van der Waals surface area contributed by atoms with E-state index in [9.17, 15) is 0 Å². The normalized spacial score (nSPS) is 12.4. The third-order valence-corrected chi connectivity index (χ3v) is 2.94. The van der Waals surface area contributed by atoms with Gasteiger partial charge in [0.2, 0.25) is 0 Å². The molecule has 0 fully saturated rings. The number of thiocarbonyl (C=S) groups is 1. The minimum atomic E-state index is 0.113. The molecule has 0 aliphatic carbocycles. The van der Waals surface area contributed by atoms with Crippen molar-refractivity contribution in [1.82, 2.24) is 5.43 Å². The van der Waals surface area contributed by atoms with Crippen LogP contribution in [-0.2, 0) is 0 Å². The molecular weight excluding hydrogens is 204 g/mol. The van der Waals surface area contributed by atoms with Crippen LogP contribution in [-0.4, -0.2) is 10.9 Å². The van der Waals surface area contributed by atoms with Crippen LogP contribution >= 0.6 is 12.2 Å². The first-order valence-corrected chi connectivity index (χ1v) is 5.75. The van der Waals surface area contributed by atoms with Crippen LogP contribution in [0.25, 0.3) is 0 Å². The molecule has 0 bridgehead atoms. The molecule has 0 aliphatic heterocycles. The maximum atomic E-state index is 5.51. The van der Waals surface area contributed by atoms with Crippen molar-refractivity contribution in [3.63, 3.8) is 0 Å². The zero-order valence-electron chi connectivity index (χ0n) is 9.07. The minimum absolute atomic E-state index is 0.113. The first kappa shape index (κ1) is 12.3. The van der Waals surface area contributed by atoms with Gasteiger partial charge in [-0.15, -0.1) is 0 Å². The Bertz CT molecular complexity index is 298. The maximum absolute atomic E-state index is 5.51. The first-order chi connectivity index (χ1) is 7.29. The van der Waals surface area contributed by atoms with Gasteiger partial charge in [-0.3, -0.25) is 11.3 Å². The summed E-state index contributed by atoms with van der Waals surface area (Å²) < 4.78 is 0. The van der Waals surface area contributed by atoms with Crippen molar-refractivity contribution in [2.75, 3.05) is 0 Å². The van der Waals surface area contributed by atoms with Gasteiger partial charge in [0, 0.05) is 4.86 Å². The number of nitrogens with one attached hydrogen (secondary N) is 1. The van der Waals surface area contributed by atoms with Gasteiger partial charge < -0.3 is 0 Å². The number of hydrogen-bond acceptors (Lipinski definition) is 3. The Morgan fingerprint density at radius 3 is 2.60 bits per heavy atom. The van der Waals surface area contributed by atoms with Crippen molar-refractivity contribution in [3.8, 4) is 0 Å². The minimum Gasteiger partial charge on any atom is -0.271 e. The lowest BCUT2D eigenvalue weighted by Crippen LogP contribution is -2.40. The zero-order chi connectivity index (χ0) is 11.1. The van der Waals surface area contributed by atoms with Crippen molar-refractivity contribution in [2.45, 2.75) is 32.2 Å². The third kappa shape index (κ3) is 3.70. The SMILES string of the molecule is CCCCC(NN)C(=S)c1ccccc1. The summed E-state index contributed by atoms with van der Waals surface area (Å²) in [6.45, 7) is 2.17. The number of rotatable bonds is 6. The van der Waals surface area contributed by atoms with Gasteiger partial charge in [-0.05, 0) is 12.0 Å². The van der Waals surface area contributed by atoms with E-state index in [1.807, 2.05) is 30.3 Å². The molecule has 0 radical (unpaired) electrons. The highest BCUT2D eigenvalue weighted by Crippen LogP contribution is 2.09. The van der Waals surface area contributed by atoms with Gasteiger partial charge in [-0.25, -0.2) is 0 Å². The number of hydrogen-bond donors (Lipinski definition) is 2. The van der Waals surface area contributed by atoms with Crippen molar-refractivity contribution >= 4 is 17.1 Å². The Hall–Kier alpha value is -0.770. The second-order valence-electron chi connectivity index (χ2n) is 3.59. The maximum Gasteiger partial charge on any atom is 0.0567 e. The average molecular weight is 222 g/mol. The predicted molar refractivity (Wildman–Crippen MR) is 68.8 cm³/mol. The largest absolute Gasteiger partial charge is 0.271 e. The van der Waals surface area contributed by atoms with Crippen molar-refractivity contribution < 1.29 is 0 Å². The van der Waals surface area contributed by atoms with E-state index in [0.29, 0.717) is 0 Å². The van der Waals surface area contributed by atoms with Gasteiger partial charge in [0.1, 0.15) is 0 Å². The van der Waals surface area contributed by atoms with Gasteiger partial charge in [-0.2, -0.15) is 0 Å². The van der Waals surface area contributed by atoms with E-state index in [1.54, 1.807) is 0 Å². The Morgan fingerprint density at radius 2 is 2.07 bits per heavy atom. The molecule has 15 heavy (non-hydrogen) atoms. The van der Waals surface area contributed by atoms with Crippen LogP contribution in [0.4, 0.5) is 0 Å². The van der Waals surface area contributed by atoms with E-state index in [1.165, 1.54) is 0 Å². The van der Waals surface area contributed by atoms with Crippen molar-refractivity contribution in [3.05, 3.63) is 35.9 Å². The van der Waals surface area contributed by atoms with Gasteiger partial charge in [0.05, 0.1) is 6.04 Å². The number of benzene rings is 1. The molecule has 0 aliphatic rings. The summed E-state index contributed by atoms with van der Waals surface area (Å²) in [5, 5.41) is 0. The molecule has 2 nitrogen and oxygen atoms in total. The molecule has 0 saturated carbocycles. The van der Waals surface area contributed by atoms with E-state index in [4.69, 9.17) is 18.1 Å². The van der Waals surface area contributed by atoms with Gasteiger partial charge in [-0.1, -0.05) is 62.3 Å². The third-order valence-electron chi connectivity index (χ3n) is 2.42. The molecule has 1 atom stereocenters. The molecule has 1 aromatic carbocycles. The molecule has 3 heteroatoms. The van der Waals surface area contributed by atoms with Crippen LogP contribution < -0.4 is 11.3 Å². The molecule has 82 valence electrons. The molecular formula is C12H18N2S. The quantitative estimate of drug-likeness (QED) is 0.336. The zero-order valence-corrected chi connectivity index (χ0v) is 9.89. The monoisotopic (exact) mass is 222 g/mol. The summed E-state index contributed by atoms with van der Waals surface area (Å²) in [6.07, 6.45) is 3.30. The van der Waals surface area contributed by atoms with Gasteiger partial charge in [0.15, 0.2) is 0 Å². The molecule has 0 spiro atoms. The summed E-state index contributed by atoms with van der Waals surface area (Å²) in [5.41, 5.74) is 3.88. The van der Waals surface area contributed by atoms with Crippen LogP contribution in [0.1, 0.15) is 31.7 Å². The number of nitrogens with two attached hydrogens (primary N) is 1. The molecule has 0 heterocycles. The van der Waals surface area contributed by atoms with Crippen LogP contribution in [0.2, 0.25) is 0 Å². The highest BCUT2D eigenvalue weighted by Gasteiger charge is 2.13. The molecule has 0 saturated heterocycles. The van der Waals surface area contributed by atoms with E-state index in [0.717, 1.165) is 29.7 Å².